The zero-order valence-electron chi connectivity index (χ0n) is 28.0. The number of fused-ring (bicyclic) bond motifs is 4. The van der Waals surface area contributed by atoms with Crippen LogP contribution >= 0.6 is 11.8 Å². The number of hydrogen-bond donors (Lipinski definition) is 0. The van der Waals surface area contributed by atoms with Gasteiger partial charge < -0.3 is 4.90 Å². The fourth-order valence-corrected chi connectivity index (χ4v) is 12.0. The van der Waals surface area contributed by atoms with Crippen LogP contribution in [0.15, 0.2) is 113 Å². The van der Waals surface area contributed by atoms with Gasteiger partial charge in [-0.3, -0.25) is 0 Å². The third-order valence-electron chi connectivity index (χ3n) is 10.1. The first-order valence-corrected chi connectivity index (χ1v) is 20.5. The molecule has 0 unspecified atom stereocenters. The maximum absolute atomic E-state index is 2.58. The van der Waals surface area contributed by atoms with Crippen molar-refractivity contribution in [3.63, 3.8) is 0 Å². The zero-order valence-corrected chi connectivity index (χ0v) is 29.8. The maximum Gasteiger partial charge on any atom is 0.244 e. The average Bonchev–Trinajstić information content (AvgIpc) is 3.03. The molecule has 2 aliphatic rings. The highest BCUT2D eigenvalue weighted by Crippen LogP contribution is 2.45. The van der Waals surface area contributed by atoms with Gasteiger partial charge in [-0.15, -0.1) is 0 Å². The van der Waals surface area contributed by atoms with E-state index < -0.39 is 8.07 Å². The summed E-state index contributed by atoms with van der Waals surface area (Å²) >= 11 is 1.96. The summed E-state index contributed by atoms with van der Waals surface area (Å²) in [4.78, 5) is 5.33. The van der Waals surface area contributed by atoms with E-state index in [1.54, 1.807) is 0 Å². The van der Waals surface area contributed by atoms with Crippen molar-refractivity contribution >= 4 is 70.4 Å². The predicted octanol–water partition coefficient (Wildman–Crippen LogP) is 8.64. The number of nitrogens with zero attached hydrogens (tertiary/aromatic N) is 1. The van der Waals surface area contributed by atoms with Crippen LogP contribution in [0.3, 0.4) is 0 Å². The highest BCUT2D eigenvalue weighted by atomic mass is 32.2. The van der Waals surface area contributed by atoms with Gasteiger partial charge in [-0.05, 0) is 69.1 Å². The van der Waals surface area contributed by atoms with Crippen molar-refractivity contribution in [1.29, 1.82) is 0 Å². The number of hydrogen-bond acceptors (Lipinski definition) is 2. The molecule has 226 valence electrons. The van der Waals surface area contributed by atoms with Crippen LogP contribution in [0, 0.1) is 0 Å². The first kappa shape index (κ1) is 30.2. The Balaban J connectivity index is 1.53. The van der Waals surface area contributed by atoms with Gasteiger partial charge in [0.1, 0.15) is 8.07 Å². The van der Waals surface area contributed by atoms with Crippen LogP contribution < -0.4 is 31.7 Å². The minimum Gasteiger partial charge on any atom is -0.310 e. The van der Waals surface area contributed by atoms with Crippen molar-refractivity contribution in [2.75, 3.05) is 4.90 Å². The Morgan fingerprint density at radius 2 is 1.09 bits per heavy atom. The number of benzene rings is 5. The van der Waals surface area contributed by atoms with Crippen LogP contribution in [0.1, 0.15) is 76.0 Å². The molecule has 0 radical (unpaired) electrons. The van der Waals surface area contributed by atoms with Gasteiger partial charge in [-0.1, -0.05) is 162 Å². The topological polar surface area (TPSA) is 3.24 Å². The van der Waals surface area contributed by atoms with E-state index in [1.807, 2.05) is 11.8 Å². The molecule has 0 atom stereocenters. The van der Waals surface area contributed by atoms with E-state index >= 15 is 0 Å². The summed E-state index contributed by atoms with van der Waals surface area (Å²) in [6, 6.07) is 39.6. The summed E-state index contributed by atoms with van der Waals surface area (Å²) in [6.45, 7) is 19.3. The van der Waals surface area contributed by atoms with Crippen molar-refractivity contribution in [3.8, 4) is 0 Å². The molecule has 2 heterocycles. The smallest absolute Gasteiger partial charge is 0.244 e. The molecule has 7 rings (SSSR count). The lowest BCUT2D eigenvalue weighted by Crippen LogP contribution is -2.59. The van der Waals surface area contributed by atoms with E-state index in [4.69, 9.17) is 0 Å². The van der Waals surface area contributed by atoms with Crippen LogP contribution in [-0.4, -0.2) is 14.8 Å². The minimum atomic E-state index is -1.87. The van der Waals surface area contributed by atoms with E-state index in [9.17, 15) is 0 Å². The molecule has 45 heavy (non-hydrogen) atoms. The third-order valence-corrected chi connectivity index (χ3v) is 14.9. The summed E-state index contributed by atoms with van der Waals surface area (Å²) < 4.78 is 0. The van der Waals surface area contributed by atoms with E-state index in [-0.39, 0.29) is 6.71 Å². The van der Waals surface area contributed by atoms with Gasteiger partial charge in [0.05, 0.1) is 5.69 Å². The van der Waals surface area contributed by atoms with Crippen molar-refractivity contribution in [1.82, 2.24) is 0 Å². The van der Waals surface area contributed by atoms with Gasteiger partial charge in [0.25, 0.3) is 0 Å². The molecule has 0 fully saturated rings. The normalized spacial score (nSPS) is 14.8. The predicted molar refractivity (Wildman–Crippen MR) is 202 cm³/mol. The molecule has 5 aromatic rings. The summed E-state index contributed by atoms with van der Waals surface area (Å²) in [5.74, 6) is 1.35. The second-order valence-corrected chi connectivity index (χ2v) is 19.7. The first-order valence-electron chi connectivity index (χ1n) is 16.7. The summed E-state index contributed by atoms with van der Waals surface area (Å²) in [5.41, 5.74) is 12.8. The fourth-order valence-electron chi connectivity index (χ4n) is 7.73. The molecule has 1 nitrogen and oxygen atoms in total. The SMILES string of the molecule is CC(C)c1cc(C(C)C)c(B2c3ccccc3Sc3c2cccc3N2c3ccccc3[Si](C)(C)c3ccccc32)c(C(C)C)c1. The Morgan fingerprint density at radius 3 is 1.67 bits per heavy atom. The molecule has 5 aromatic carbocycles. The van der Waals surface area contributed by atoms with E-state index in [2.05, 4.69) is 163 Å². The molecule has 0 saturated carbocycles. The maximum atomic E-state index is 2.58. The Hall–Kier alpha value is -3.47. The molecule has 0 N–H and O–H groups in total. The summed E-state index contributed by atoms with van der Waals surface area (Å²) in [6.07, 6.45) is 0. The van der Waals surface area contributed by atoms with Crippen molar-refractivity contribution in [2.45, 2.75) is 82.2 Å². The average molecular weight is 622 g/mol. The molecule has 0 aromatic heterocycles. The molecule has 0 aliphatic carbocycles. The molecule has 4 heteroatoms. The van der Waals surface area contributed by atoms with Crippen LogP contribution in [-0.2, 0) is 0 Å². The van der Waals surface area contributed by atoms with Crippen LogP contribution in [0.25, 0.3) is 0 Å². The first-order chi connectivity index (χ1) is 21.6. The lowest BCUT2D eigenvalue weighted by Gasteiger charge is -2.42. The van der Waals surface area contributed by atoms with Crippen molar-refractivity contribution in [2.24, 2.45) is 0 Å². The lowest BCUT2D eigenvalue weighted by molar-refractivity contribution is 0.812. The molecule has 2 aliphatic heterocycles. The van der Waals surface area contributed by atoms with E-state index in [1.165, 1.54) is 70.3 Å². The number of anilines is 3. The number of rotatable bonds is 5. The van der Waals surface area contributed by atoms with Gasteiger partial charge in [0.15, 0.2) is 0 Å². The molecule has 0 amide bonds. The second kappa shape index (κ2) is 11.4. The van der Waals surface area contributed by atoms with E-state index in [0.29, 0.717) is 17.8 Å². The fraction of sp³-hybridized carbons (Fsp3) is 0.268. The molecular weight excluding hydrogens is 577 g/mol. The Kier molecular flexibility index (Phi) is 7.65. The van der Waals surface area contributed by atoms with Gasteiger partial charge in [-0.2, -0.15) is 0 Å². The van der Waals surface area contributed by atoms with Gasteiger partial charge in [0, 0.05) is 21.2 Å². The van der Waals surface area contributed by atoms with Crippen molar-refractivity contribution < 1.29 is 0 Å². The van der Waals surface area contributed by atoms with Gasteiger partial charge >= 0.3 is 0 Å². The highest BCUT2D eigenvalue weighted by molar-refractivity contribution is 8.00. The van der Waals surface area contributed by atoms with Gasteiger partial charge in [0.2, 0.25) is 6.71 Å². The Bertz CT molecular complexity index is 1840. The number of para-hydroxylation sites is 2. The van der Waals surface area contributed by atoms with Crippen LogP contribution in [0.4, 0.5) is 17.1 Å². The van der Waals surface area contributed by atoms with Gasteiger partial charge in [-0.25, -0.2) is 0 Å². The lowest BCUT2D eigenvalue weighted by atomic mass is 9.34. The Labute approximate surface area is 276 Å². The van der Waals surface area contributed by atoms with Crippen molar-refractivity contribution in [3.05, 3.63) is 120 Å². The highest BCUT2D eigenvalue weighted by Gasteiger charge is 2.41. The van der Waals surface area contributed by atoms with Crippen LogP contribution in [0.2, 0.25) is 13.1 Å². The second-order valence-electron chi connectivity index (χ2n) is 14.3. The molecule has 0 bridgehead atoms. The van der Waals surface area contributed by atoms with E-state index in [0.717, 1.165) is 0 Å². The monoisotopic (exact) mass is 621 g/mol. The quantitative estimate of drug-likeness (QED) is 0.177. The standard InChI is InChI=1S/C41H44BNSSi/c1-26(2)29-24-30(27(3)4)40(31(25-29)28(5)6)42-32-16-9-12-21-37(32)44-41-33(42)17-15-20-36(41)43-34-18-10-13-22-38(34)45(7,8)39-23-14-11-19-35(39)43/h9-28H,1-8H3. The third kappa shape index (κ3) is 4.84. The molecule has 0 saturated heterocycles. The summed E-state index contributed by atoms with van der Waals surface area (Å²) in [7, 11) is -1.87. The zero-order chi connectivity index (χ0) is 31.6. The minimum absolute atomic E-state index is 0.175. The largest absolute Gasteiger partial charge is 0.310 e. The Morgan fingerprint density at radius 1 is 0.578 bits per heavy atom. The summed E-state index contributed by atoms with van der Waals surface area (Å²) in [5, 5.41) is 3.01. The molecular formula is C41H44BNSSi. The van der Waals surface area contributed by atoms with Crippen LogP contribution in [0.5, 0.6) is 0 Å². The molecule has 0 spiro atoms.